The molecule has 0 amide bonds. The molecule has 3 radical (unpaired) electrons. The van der Waals surface area contributed by atoms with Gasteiger partial charge in [0.15, 0.2) is 0 Å². The van der Waals surface area contributed by atoms with Gasteiger partial charge in [0, 0.05) is 0 Å². The first kappa shape index (κ1) is 17.1. The summed E-state index contributed by atoms with van der Waals surface area (Å²) in [7, 11) is 6.77. The van der Waals surface area contributed by atoms with Crippen LogP contribution in [0.2, 0.25) is 0 Å². The lowest BCUT2D eigenvalue weighted by atomic mass is 9.72. The van der Waals surface area contributed by atoms with Crippen molar-refractivity contribution in [2.75, 3.05) is 19.6 Å². The summed E-state index contributed by atoms with van der Waals surface area (Å²) in [5, 5.41) is 0. The van der Waals surface area contributed by atoms with Crippen molar-refractivity contribution in [3.05, 3.63) is 0 Å². The number of hydrogen-bond acceptors (Lipinski definition) is 3. The van der Waals surface area contributed by atoms with Crippen molar-refractivity contribution < 1.29 is 0 Å². The van der Waals surface area contributed by atoms with Crippen molar-refractivity contribution in [2.45, 2.75) is 53.9 Å². The normalized spacial score (nSPS) is 21.3. The highest BCUT2D eigenvalue weighted by atomic mass is 15.3. The minimum atomic E-state index is 0.736. The van der Waals surface area contributed by atoms with E-state index in [4.69, 9.17) is 0 Å². The smallest absolute Gasteiger partial charge is 0.290 e. The highest BCUT2D eigenvalue weighted by Gasteiger charge is 2.28. The molecule has 2 atom stereocenters. The van der Waals surface area contributed by atoms with Gasteiger partial charge in [-0.2, -0.15) is 0 Å². The van der Waals surface area contributed by atoms with Gasteiger partial charge in [-0.25, -0.2) is 0 Å². The van der Waals surface area contributed by atoms with E-state index >= 15 is 0 Å². The largest absolute Gasteiger partial charge is 0.365 e. The predicted octanol–water partition coefficient (Wildman–Crippen LogP) is 2.01. The predicted molar refractivity (Wildman–Crippen MR) is 86.6 cm³/mol. The fourth-order valence-corrected chi connectivity index (χ4v) is 2.20. The second-order valence-corrected chi connectivity index (χ2v) is 6.00. The topological polar surface area (TPSA) is 9.72 Å². The Morgan fingerprint density at radius 3 is 1.53 bits per heavy atom. The molecule has 1 rings (SSSR count). The molecule has 105 valence electrons. The summed E-state index contributed by atoms with van der Waals surface area (Å²) < 4.78 is 7.03. The number of rotatable bonds is 8. The van der Waals surface area contributed by atoms with Crippen LogP contribution >= 0.6 is 0 Å². The van der Waals surface area contributed by atoms with Crippen LogP contribution in [0.3, 0.4) is 0 Å². The minimum absolute atomic E-state index is 0.736. The van der Waals surface area contributed by atoms with Crippen LogP contribution in [0.1, 0.15) is 53.9 Å². The molecular formula is C13H29B3N3. The van der Waals surface area contributed by atoms with Gasteiger partial charge >= 0.3 is 0 Å². The quantitative estimate of drug-likeness (QED) is 0.618. The summed E-state index contributed by atoms with van der Waals surface area (Å²) in [6.07, 6.45) is 3.66. The molecule has 0 aromatic rings. The Balaban J connectivity index is 2.51. The molecule has 1 fully saturated rings. The average molecular weight is 260 g/mol. The van der Waals surface area contributed by atoms with Crippen molar-refractivity contribution >= 4 is 22.6 Å². The maximum Gasteiger partial charge on any atom is 0.290 e. The summed E-state index contributed by atoms with van der Waals surface area (Å²) in [5.74, 6) is 1.47. The van der Waals surface area contributed by atoms with E-state index in [9.17, 15) is 0 Å². The SMILES string of the molecule is CCCN1[B]N(CC(C)CC)[B]N(CC(C)CC)[B]1. The van der Waals surface area contributed by atoms with Crippen LogP contribution in [0.4, 0.5) is 0 Å². The van der Waals surface area contributed by atoms with Crippen LogP contribution in [0, 0.1) is 11.8 Å². The monoisotopic (exact) mass is 260 g/mol. The molecular weight excluding hydrogens is 231 g/mol. The van der Waals surface area contributed by atoms with E-state index in [-0.39, 0.29) is 0 Å². The Kier molecular flexibility index (Phi) is 8.20. The molecule has 0 spiro atoms. The first-order valence-electron chi connectivity index (χ1n) is 7.91. The summed E-state index contributed by atoms with van der Waals surface area (Å²) in [6.45, 7) is 14.7. The Morgan fingerprint density at radius 1 is 0.737 bits per heavy atom. The number of hydrogen-bond donors (Lipinski definition) is 0. The molecule has 1 aliphatic rings. The van der Waals surface area contributed by atoms with E-state index in [0.717, 1.165) is 31.5 Å². The Labute approximate surface area is 122 Å². The highest BCUT2D eigenvalue weighted by molar-refractivity contribution is 6.64. The fraction of sp³-hybridized carbons (Fsp3) is 1.00. The van der Waals surface area contributed by atoms with Crippen LogP contribution < -0.4 is 0 Å². The standard InChI is InChI=1S/C13H29B3N3/c1-6-9-17-14-18(10-12(4)7-2)16-19(15-17)11-13(5)8-3/h12-13H,6-11H2,1-5H3. The van der Waals surface area contributed by atoms with Gasteiger partial charge in [-0.1, -0.05) is 47.5 Å². The lowest BCUT2D eigenvalue weighted by Gasteiger charge is -2.41. The summed E-state index contributed by atoms with van der Waals surface area (Å²) in [4.78, 5) is 0. The third-order valence-electron chi connectivity index (χ3n) is 3.81. The summed E-state index contributed by atoms with van der Waals surface area (Å²) in [5.41, 5.74) is 0. The van der Waals surface area contributed by atoms with E-state index in [1.807, 2.05) is 0 Å². The molecule has 2 unspecified atom stereocenters. The zero-order chi connectivity index (χ0) is 14.3. The Hall–Kier alpha value is 0.0748. The third kappa shape index (κ3) is 6.37. The van der Waals surface area contributed by atoms with Gasteiger partial charge in [-0.15, -0.1) is 0 Å². The zero-order valence-electron chi connectivity index (χ0n) is 13.5. The van der Waals surface area contributed by atoms with Crippen molar-refractivity contribution in [3.8, 4) is 0 Å². The van der Waals surface area contributed by atoms with Crippen LogP contribution in [0.25, 0.3) is 0 Å². The number of nitrogens with zero attached hydrogens (tertiary/aromatic N) is 3. The highest BCUT2D eigenvalue weighted by Crippen LogP contribution is 2.11. The molecule has 3 nitrogen and oxygen atoms in total. The maximum atomic E-state index is 2.35. The van der Waals surface area contributed by atoms with Crippen molar-refractivity contribution in [3.63, 3.8) is 0 Å². The molecule has 0 aromatic carbocycles. The van der Waals surface area contributed by atoms with Crippen molar-refractivity contribution in [1.29, 1.82) is 0 Å². The van der Waals surface area contributed by atoms with Gasteiger partial charge in [0.2, 0.25) is 0 Å². The van der Waals surface area contributed by atoms with Crippen LogP contribution in [-0.2, 0) is 0 Å². The molecule has 0 bridgehead atoms. The molecule has 0 aromatic heterocycles. The van der Waals surface area contributed by atoms with Gasteiger partial charge in [0.25, 0.3) is 22.6 Å². The average Bonchev–Trinajstić information content (AvgIpc) is 2.38. The van der Waals surface area contributed by atoms with Gasteiger partial charge in [-0.3, -0.25) is 0 Å². The molecule has 1 heterocycles. The Bertz CT molecular complexity index is 223. The van der Waals surface area contributed by atoms with Gasteiger partial charge < -0.3 is 14.2 Å². The molecule has 1 aliphatic heterocycles. The lowest BCUT2D eigenvalue weighted by Crippen LogP contribution is -2.62. The maximum absolute atomic E-state index is 2.35. The fourth-order valence-electron chi connectivity index (χ4n) is 2.20. The summed E-state index contributed by atoms with van der Waals surface area (Å²) in [6, 6.07) is 0. The molecule has 0 saturated carbocycles. The van der Waals surface area contributed by atoms with Crippen LogP contribution in [0.15, 0.2) is 0 Å². The second-order valence-electron chi connectivity index (χ2n) is 6.00. The van der Waals surface area contributed by atoms with E-state index in [0.29, 0.717) is 0 Å². The Morgan fingerprint density at radius 2 is 1.16 bits per heavy atom. The van der Waals surface area contributed by atoms with Crippen LogP contribution in [-0.4, -0.2) is 56.4 Å². The third-order valence-corrected chi connectivity index (χ3v) is 3.81. The van der Waals surface area contributed by atoms with Gasteiger partial charge in [-0.05, 0) is 37.9 Å². The molecule has 1 saturated heterocycles. The summed E-state index contributed by atoms with van der Waals surface area (Å²) >= 11 is 0. The van der Waals surface area contributed by atoms with E-state index in [2.05, 4.69) is 71.4 Å². The first-order chi connectivity index (χ1) is 9.08. The second kappa shape index (κ2) is 9.09. The molecule has 19 heavy (non-hydrogen) atoms. The van der Waals surface area contributed by atoms with Crippen molar-refractivity contribution in [2.24, 2.45) is 11.8 Å². The molecule has 0 aliphatic carbocycles. The van der Waals surface area contributed by atoms with Crippen molar-refractivity contribution in [1.82, 2.24) is 14.2 Å². The van der Waals surface area contributed by atoms with E-state index < -0.39 is 0 Å². The lowest BCUT2D eigenvalue weighted by molar-refractivity contribution is 0.390. The minimum Gasteiger partial charge on any atom is -0.365 e. The van der Waals surface area contributed by atoms with Gasteiger partial charge in [0.05, 0.1) is 0 Å². The first-order valence-corrected chi connectivity index (χ1v) is 7.91. The molecule has 0 N–H and O–H groups in total. The van der Waals surface area contributed by atoms with E-state index in [1.165, 1.54) is 19.3 Å². The van der Waals surface area contributed by atoms with Gasteiger partial charge in [0.1, 0.15) is 0 Å². The van der Waals surface area contributed by atoms with E-state index in [1.54, 1.807) is 0 Å². The van der Waals surface area contributed by atoms with Crippen LogP contribution in [0.5, 0.6) is 0 Å². The zero-order valence-corrected chi connectivity index (χ0v) is 13.5. The molecule has 6 heteroatoms.